The molecule has 0 saturated heterocycles. The van der Waals surface area contributed by atoms with Gasteiger partial charge in [-0.05, 0) is 77.3 Å². The highest BCUT2D eigenvalue weighted by Crippen LogP contribution is 2.47. The normalized spacial score (nSPS) is 16.9. The first-order chi connectivity index (χ1) is 19.0. The van der Waals surface area contributed by atoms with Crippen LogP contribution in [0, 0.1) is 0 Å². The highest BCUT2D eigenvalue weighted by atomic mass is 19.3. The second-order valence-electron chi connectivity index (χ2n) is 10.2. The van der Waals surface area contributed by atoms with Gasteiger partial charge in [0.2, 0.25) is 0 Å². The zero-order valence-corrected chi connectivity index (χ0v) is 21.9. The first-order valence-electron chi connectivity index (χ1n) is 13.6. The highest BCUT2D eigenvalue weighted by Gasteiger charge is 2.33. The Hall–Kier alpha value is -3.70. The van der Waals surface area contributed by atoms with Gasteiger partial charge in [0.1, 0.15) is 18.1 Å². The van der Waals surface area contributed by atoms with E-state index < -0.39 is 19.0 Å². The van der Waals surface area contributed by atoms with Gasteiger partial charge in [-0.15, -0.1) is 0 Å². The van der Waals surface area contributed by atoms with Crippen molar-refractivity contribution in [1.82, 2.24) is 0 Å². The van der Waals surface area contributed by atoms with Crippen LogP contribution in [0.2, 0.25) is 0 Å². The van der Waals surface area contributed by atoms with E-state index in [2.05, 4.69) is 48.5 Å². The third-order valence-corrected chi connectivity index (χ3v) is 7.44. The maximum absolute atomic E-state index is 14.0. The van der Waals surface area contributed by atoms with Crippen molar-refractivity contribution in [3.63, 3.8) is 0 Å². The fourth-order valence-corrected chi connectivity index (χ4v) is 5.47. The summed E-state index contributed by atoms with van der Waals surface area (Å²) < 4.78 is 39.6. The van der Waals surface area contributed by atoms with Gasteiger partial charge in [-0.3, -0.25) is 0 Å². The van der Waals surface area contributed by atoms with E-state index in [1.165, 1.54) is 16.7 Å². The Morgan fingerprint density at radius 3 is 2.18 bits per heavy atom. The predicted molar refractivity (Wildman–Crippen MR) is 150 cm³/mol. The van der Waals surface area contributed by atoms with Gasteiger partial charge < -0.3 is 14.6 Å². The van der Waals surface area contributed by atoms with Gasteiger partial charge in [0.05, 0.1) is 0 Å². The summed E-state index contributed by atoms with van der Waals surface area (Å²) >= 11 is 0. The molecule has 1 N–H and O–H groups in total. The van der Waals surface area contributed by atoms with Gasteiger partial charge in [0.15, 0.2) is 6.61 Å². The van der Waals surface area contributed by atoms with Crippen LogP contribution in [0.15, 0.2) is 103 Å². The minimum Gasteiger partial charge on any atom is -0.489 e. The molecule has 0 bridgehead atoms. The molecule has 2 atom stereocenters. The van der Waals surface area contributed by atoms with Crippen molar-refractivity contribution in [2.75, 3.05) is 13.2 Å². The van der Waals surface area contributed by atoms with Crippen LogP contribution >= 0.6 is 0 Å². The molecule has 1 aliphatic carbocycles. The molecule has 0 spiro atoms. The van der Waals surface area contributed by atoms with Gasteiger partial charge in [-0.25, -0.2) is 8.78 Å². The van der Waals surface area contributed by atoms with Crippen LogP contribution in [0.4, 0.5) is 8.78 Å². The number of aryl methyl sites for hydroxylation is 1. The number of benzene rings is 4. The molecule has 0 radical (unpaired) electrons. The molecule has 0 heterocycles. The maximum Gasteiger partial charge on any atom is 0.281 e. The summed E-state index contributed by atoms with van der Waals surface area (Å²) in [7, 11) is 0. The lowest BCUT2D eigenvalue weighted by molar-refractivity contribution is -0.0514. The van der Waals surface area contributed by atoms with Gasteiger partial charge in [0, 0.05) is 18.9 Å². The van der Waals surface area contributed by atoms with Crippen molar-refractivity contribution in [3.8, 4) is 11.5 Å². The topological polar surface area (TPSA) is 38.7 Å². The average Bonchev–Trinajstić information content (AvgIpc) is 2.98. The molecular formula is C34H34F2O3. The zero-order valence-electron chi connectivity index (χ0n) is 21.9. The first kappa shape index (κ1) is 26.9. The molecule has 0 aromatic heterocycles. The maximum atomic E-state index is 14.0. The Bertz CT molecular complexity index is 1320. The Morgan fingerprint density at radius 1 is 0.769 bits per heavy atom. The molecule has 5 rings (SSSR count). The molecule has 39 heavy (non-hydrogen) atoms. The van der Waals surface area contributed by atoms with Crippen LogP contribution in [-0.4, -0.2) is 24.2 Å². The molecule has 0 fully saturated rings. The molecule has 4 aromatic carbocycles. The van der Waals surface area contributed by atoms with Crippen LogP contribution in [-0.2, 0) is 13.0 Å². The second kappa shape index (κ2) is 12.4. The number of alkyl halides is 2. The number of ether oxygens (including phenoxy) is 2. The van der Waals surface area contributed by atoms with E-state index in [0.717, 1.165) is 29.7 Å². The van der Waals surface area contributed by atoms with Crippen molar-refractivity contribution in [2.24, 2.45) is 0 Å². The number of rotatable bonds is 11. The summed E-state index contributed by atoms with van der Waals surface area (Å²) in [5, 5.41) is 8.85. The van der Waals surface area contributed by atoms with Crippen molar-refractivity contribution in [3.05, 3.63) is 131 Å². The van der Waals surface area contributed by atoms with E-state index in [-0.39, 0.29) is 18.9 Å². The van der Waals surface area contributed by atoms with Crippen molar-refractivity contribution in [1.29, 1.82) is 0 Å². The highest BCUT2D eigenvalue weighted by molar-refractivity contribution is 5.48. The lowest BCUT2D eigenvalue weighted by Gasteiger charge is -2.35. The molecule has 0 saturated carbocycles. The Labute approximate surface area is 229 Å². The summed E-state index contributed by atoms with van der Waals surface area (Å²) in [6.07, 6.45) is 1.61. The van der Waals surface area contributed by atoms with Crippen molar-refractivity contribution in [2.45, 2.75) is 50.0 Å². The fourth-order valence-electron chi connectivity index (χ4n) is 5.47. The summed E-state index contributed by atoms with van der Waals surface area (Å²) in [5.74, 6) is -1.27. The van der Waals surface area contributed by atoms with Crippen LogP contribution in [0.3, 0.4) is 0 Å². The van der Waals surface area contributed by atoms with E-state index in [4.69, 9.17) is 14.6 Å². The number of aliphatic hydroxyl groups excluding tert-OH is 1. The summed E-state index contributed by atoms with van der Waals surface area (Å²) in [6, 6.07) is 34.7. The summed E-state index contributed by atoms with van der Waals surface area (Å²) in [4.78, 5) is 0. The van der Waals surface area contributed by atoms with Crippen LogP contribution in [0.1, 0.15) is 58.9 Å². The molecule has 0 aliphatic heterocycles. The molecule has 1 aliphatic rings. The summed E-state index contributed by atoms with van der Waals surface area (Å²) in [5.41, 5.74) is 6.10. The SMILES string of the molecule is OCCCC(F)(F)COc1ccc(C2c3ccc(OCc4ccccc4)cc3CCC2c2ccccc2)cc1. The fraction of sp³-hybridized carbons (Fsp3) is 0.294. The molecule has 4 aromatic rings. The van der Waals surface area contributed by atoms with E-state index in [9.17, 15) is 8.78 Å². The minimum atomic E-state index is -2.97. The molecular weight excluding hydrogens is 494 g/mol. The van der Waals surface area contributed by atoms with Gasteiger partial charge >= 0.3 is 0 Å². The molecule has 3 nitrogen and oxygen atoms in total. The third kappa shape index (κ3) is 6.85. The zero-order chi connectivity index (χ0) is 27.1. The monoisotopic (exact) mass is 528 g/mol. The van der Waals surface area contributed by atoms with E-state index in [1.54, 1.807) is 12.1 Å². The number of hydrogen-bond donors (Lipinski definition) is 1. The standard InChI is InChI=1S/C34H34F2O3/c35-34(36,20-7-21-37)24-39-29-15-12-27(13-16-29)33-31(26-10-5-2-6-11-26)18-14-28-22-30(17-19-32(28)33)38-23-25-8-3-1-4-9-25/h1-6,8-13,15-17,19,22,31,33,37H,7,14,18,20-21,23-24H2. The molecule has 202 valence electrons. The van der Waals surface area contributed by atoms with E-state index >= 15 is 0 Å². The third-order valence-electron chi connectivity index (χ3n) is 7.44. The van der Waals surface area contributed by atoms with Gasteiger partial charge in [0.25, 0.3) is 5.92 Å². The Balaban J connectivity index is 1.38. The average molecular weight is 529 g/mol. The lowest BCUT2D eigenvalue weighted by Crippen LogP contribution is -2.26. The molecule has 2 unspecified atom stereocenters. The quantitative estimate of drug-likeness (QED) is 0.215. The summed E-state index contributed by atoms with van der Waals surface area (Å²) in [6.45, 7) is -0.427. The van der Waals surface area contributed by atoms with Crippen LogP contribution in [0.25, 0.3) is 0 Å². The van der Waals surface area contributed by atoms with Crippen molar-refractivity contribution >= 4 is 0 Å². The first-order valence-corrected chi connectivity index (χ1v) is 13.6. The van der Waals surface area contributed by atoms with Gasteiger partial charge in [-0.2, -0.15) is 0 Å². The van der Waals surface area contributed by atoms with Crippen LogP contribution < -0.4 is 9.47 Å². The predicted octanol–water partition coefficient (Wildman–Crippen LogP) is 7.91. The number of fused-ring (bicyclic) bond motifs is 1. The van der Waals surface area contributed by atoms with E-state index in [1.807, 2.05) is 42.5 Å². The second-order valence-corrected chi connectivity index (χ2v) is 10.2. The Morgan fingerprint density at radius 2 is 1.46 bits per heavy atom. The van der Waals surface area contributed by atoms with Gasteiger partial charge in [-0.1, -0.05) is 78.9 Å². The number of hydrogen-bond acceptors (Lipinski definition) is 3. The lowest BCUT2D eigenvalue weighted by atomic mass is 9.69. The van der Waals surface area contributed by atoms with Crippen molar-refractivity contribution < 1.29 is 23.4 Å². The Kier molecular flexibility index (Phi) is 8.58. The largest absolute Gasteiger partial charge is 0.489 e. The smallest absolute Gasteiger partial charge is 0.281 e. The van der Waals surface area contributed by atoms with E-state index in [0.29, 0.717) is 18.3 Å². The number of halogens is 2. The van der Waals surface area contributed by atoms with Crippen LogP contribution in [0.5, 0.6) is 11.5 Å². The molecule has 5 heteroatoms. The number of aliphatic hydroxyl groups is 1. The minimum absolute atomic E-state index is 0.0519. The molecule has 0 amide bonds.